The van der Waals surface area contributed by atoms with E-state index in [4.69, 9.17) is 16.3 Å². The number of hydrogen-bond donors (Lipinski definition) is 1. The van der Waals surface area contributed by atoms with Gasteiger partial charge >= 0.3 is 5.97 Å². The zero-order chi connectivity index (χ0) is 22.1. The zero-order valence-corrected chi connectivity index (χ0v) is 17.2. The van der Waals surface area contributed by atoms with Crippen LogP contribution >= 0.6 is 11.6 Å². The van der Waals surface area contributed by atoms with E-state index >= 15 is 0 Å². The minimum Gasteiger partial charge on any atom is -0.481 e. The van der Waals surface area contributed by atoms with Crippen molar-refractivity contribution >= 4 is 34.8 Å². The molecular weight excluding hydrogens is 422 g/mol. The Morgan fingerprint density at radius 3 is 2.23 bits per heavy atom. The molecule has 31 heavy (non-hydrogen) atoms. The third-order valence-electron chi connectivity index (χ3n) is 5.10. The average Bonchev–Trinajstić information content (AvgIpc) is 2.96. The van der Waals surface area contributed by atoms with Gasteiger partial charge in [0.1, 0.15) is 23.1 Å². The normalized spacial score (nSPS) is 14.1. The van der Waals surface area contributed by atoms with Crippen molar-refractivity contribution in [2.24, 2.45) is 0 Å². The summed E-state index contributed by atoms with van der Waals surface area (Å²) in [4.78, 5) is 11.3. The molecule has 3 aromatic rings. The first-order chi connectivity index (χ1) is 14.8. The highest BCUT2D eigenvalue weighted by Gasteiger charge is 2.26. The van der Waals surface area contributed by atoms with Crippen LogP contribution in [-0.4, -0.2) is 11.1 Å². The van der Waals surface area contributed by atoms with Gasteiger partial charge in [-0.25, -0.2) is 8.78 Å². The number of benzene rings is 3. The second-order valence-corrected chi connectivity index (χ2v) is 7.58. The number of hydrogen-bond acceptors (Lipinski definition) is 2. The lowest BCUT2D eigenvalue weighted by molar-refractivity contribution is -0.135. The van der Waals surface area contributed by atoms with Gasteiger partial charge in [-0.05, 0) is 94.9 Å². The Bertz CT molecular complexity index is 1230. The number of carboxylic acids is 1. The smallest absolute Gasteiger partial charge is 0.307 e. The summed E-state index contributed by atoms with van der Waals surface area (Å²) in [5, 5.41) is 9.26. The quantitative estimate of drug-likeness (QED) is 0.457. The standard InChI is InChI=1S/C25H17ClF2O3/c1-14-19(21-11-23(26)24(28)12-22(21)20(14)13-25(29)30)10-15-2-6-17(7-3-15)31-18-8-4-16(27)5-9-18/h2-12H,13H2,1H3,(H,29,30)/b19-10-. The van der Waals surface area contributed by atoms with Gasteiger partial charge < -0.3 is 9.84 Å². The maximum absolute atomic E-state index is 14.1. The Morgan fingerprint density at radius 1 is 1.00 bits per heavy atom. The van der Waals surface area contributed by atoms with Crippen molar-refractivity contribution in [3.8, 4) is 11.5 Å². The highest BCUT2D eigenvalue weighted by atomic mass is 35.5. The number of fused-ring (bicyclic) bond motifs is 1. The Kier molecular flexibility index (Phi) is 5.61. The Labute approximate surface area is 182 Å². The molecule has 0 heterocycles. The van der Waals surface area contributed by atoms with Gasteiger partial charge in [-0.2, -0.15) is 0 Å². The second-order valence-electron chi connectivity index (χ2n) is 7.17. The highest BCUT2D eigenvalue weighted by molar-refractivity contribution is 6.31. The van der Waals surface area contributed by atoms with E-state index in [2.05, 4.69) is 0 Å². The third-order valence-corrected chi connectivity index (χ3v) is 5.39. The number of carbonyl (C=O) groups is 1. The number of halogens is 3. The summed E-state index contributed by atoms with van der Waals surface area (Å²) in [5.41, 5.74) is 4.23. The van der Waals surface area contributed by atoms with Gasteiger partial charge in [-0.15, -0.1) is 0 Å². The van der Waals surface area contributed by atoms with Crippen LogP contribution < -0.4 is 4.74 Å². The maximum atomic E-state index is 14.1. The van der Waals surface area contributed by atoms with Crippen LogP contribution in [-0.2, 0) is 4.79 Å². The lowest BCUT2D eigenvalue weighted by atomic mass is 10.0. The molecule has 0 saturated carbocycles. The van der Waals surface area contributed by atoms with Gasteiger partial charge in [0.05, 0.1) is 11.4 Å². The Morgan fingerprint density at radius 2 is 1.61 bits per heavy atom. The molecule has 0 aliphatic heterocycles. The number of carboxylic acid groups (broad SMARTS) is 1. The molecule has 6 heteroatoms. The van der Waals surface area contributed by atoms with E-state index in [1.807, 2.05) is 25.1 Å². The van der Waals surface area contributed by atoms with E-state index in [1.165, 1.54) is 24.3 Å². The predicted molar refractivity (Wildman–Crippen MR) is 117 cm³/mol. The topological polar surface area (TPSA) is 46.5 Å². The van der Waals surface area contributed by atoms with Gasteiger partial charge in [-0.3, -0.25) is 4.79 Å². The van der Waals surface area contributed by atoms with Crippen molar-refractivity contribution in [3.63, 3.8) is 0 Å². The molecule has 0 spiro atoms. The molecule has 1 N–H and O–H groups in total. The second kappa shape index (κ2) is 8.36. The van der Waals surface area contributed by atoms with Crippen molar-refractivity contribution in [2.45, 2.75) is 13.3 Å². The van der Waals surface area contributed by atoms with E-state index in [9.17, 15) is 18.7 Å². The van der Waals surface area contributed by atoms with E-state index in [1.54, 1.807) is 24.3 Å². The van der Waals surface area contributed by atoms with E-state index < -0.39 is 11.8 Å². The van der Waals surface area contributed by atoms with Crippen molar-refractivity contribution in [2.75, 3.05) is 0 Å². The van der Waals surface area contributed by atoms with Crippen LogP contribution in [0, 0.1) is 11.6 Å². The number of aliphatic carboxylic acids is 1. The minimum atomic E-state index is -0.987. The monoisotopic (exact) mass is 438 g/mol. The van der Waals surface area contributed by atoms with E-state index in [0.717, 1.165) is 16.7 Å². The molecule has 3 nitrogen and oxygen atoms in total. The number of ether oxygens (including phenoxy) is 1. The molecule has 3 aromatic carbocycles. The summed E-state index contributed by atoms with van der Waals surface area (Å²) in [5.74, 6) is -0.800. The van der Waals surface area contributed by atoms with Crippen molar-refractivity contribution in [3.05, 3.63) is 99.6 Å². The fourth-order valence-corrected chi connectivity index (χ4v) is 3.75. The molecule has 0 aromatic heterocycles. The SMILES string of the molecule is CC1=C(CC(=O)O)c2cc(F)c(Cl)cc2/C1=C\c1ccc(Oc2ccc(F)cc2)cc1. The first kappa shape index (κ1) is 20.8. The lowest BCUT2D eigenvalue weighted by Crippen LogP contribution is -1.97. The number of allylic oxidation sites excluding steroid dienone is 2. The van der Waals surface area contributed by atoms with Gasteiger partial charge in [0.2, 0.25) is 0 Å². The summed E-state index contributed by atoms with van der Waals surface area (Å²) in [7, 11) is 0. The minimum absolute atomic E-state index is 0.0166. The molecule has 0 saturated heterocycles. The molecule has 156 valence electrons. The van der Waals surface area contributed by atoms with Crippen LogP contribution in [0.25, 0.3) is 17.2 Å². The summed E-state index contributed by atoms with van der Waals surface area (Å²) in [6.07, 6.45) is 1.70. The summed E-state index contributed by atoms with van der Waals surface area (Å²) >= 11 is 5.99. The summed E-state index contributed by atoms with van der Waals surface area (Å²) in [6, 6.07) is 15.8. The summed E-state index contributed by atoms with van der Waals surface area (Å²) < 4.78 is 32.8. The molecule has 4 rings (SSSR count). The molecule has 0 unspecified atom stereocenters. The lowest BCUT2D eigenvalue weighted by Gasteiger charge is -2.08. The Hall–Kier alpha value is -3.44. The fraction of sp³-hybridized carbons (Fsp3) is 0.0800. The first-order valence-corrected chi connectivity index (χ1v) is 9.86. The molecule has 0 radical (unpaired) electrons. The summed E-state index contributed by atoms with van der Waals surface area (Å²) in [6.45, 7) is 1.82. The van der Waals surface area contributed by atoms with Gasteiger partial charge in [0, 0.05) is 0 Å². The van der Waals surface area contributed by atoms with Crippen molar-refractivity contribution in [1.82, 2.24) is 0 Å². The van der Waals surface area contributed by atoms with E-state index in [-0.39, 0.29) is 17.3 Å². The average molecular weight is 439 g/mol. The van der Waals surface area contributed by atoms with Gasteiger partial charge in [0.25, 0.3) is 0 Å². The van der Waals surface area contributed by atoms with Crippen LogP contribution in [0.2, 0.25) is 5.02 Å². The highest BCUT2D eigenvalue weighted by Crippen LogP contribution is 2.45. The first-order valence-electron chi connectivity index (χ1n) is 9.48. The Balaban J connectivity index is 1.67. The molecule has 0 atom stereocenters. The van der Waals surface area contributed by atoms with Gasteiger partial charge in [0.15, 0.2) is 0 Å². The molecule has 0 bridgehead atoms. The maximum Gasteiger partial charge on any atom is 0.307 e. The van der Waals surface area contributed by atoms with Crippen LogP contribution in [0.3, 0.4) is 0 Å². The van der Waals surface area contributed by atoms with Crippen LogP contribution in [0.1, 0.15) is 30.0 Å². The third kappa shape index (κ3) is 4.37. The molecule has 1 aliphatic rings. The predicted octanol–water partition coefficient (Wildman–Crippen LogP) is 7.21. The zero-order valence-electron chi connectivity index (χ0n) is 16.5. The van der Waals surface area contributed by atoms with Crippen LogP contribution in [0.4, 0.5) is 8.78 Å². The van der Waals surface area contributed by atoms with Gasteiger partial charge in [-0.1, -0.05) is 23.7 Å². The van der Waals surface area contributed by atoms with Crippen molar-refractivity contribution < 1.29 is 23.4 Å². The molecule has 1 aliphatic carbocycles. The molecule has 0 fully saturated rings. The van der Waals surface area contributed by atoms with Crippen LogP contribution in [0.15, 0.2) is 66.2 Å². The molecule has 0 amide bonds. The van der Waals surface area contributed by atoms with Crippen molar-refractivity contribution in [1.29, 1.82) is 0 Å². The number of rotatable bonds is 5. The molecular formula is C25H17ClF2O3. The van der Waals surface area contributed by atoms with E-state index in [0.29, 0.717) is 28.2 Å². The fourth-order valence-electron chi connectivity index (χ4n) is 3.59. The van der Waals surface area contributed by atoms with Crippen LogP contribution in [0.5, 0.6) is 11.5 Å². The largest absolute Gasteiger partial charge is 0.481 e.